The van der Waals surface area contributed by atoms with E-state index >= 15 is 0 Å². The number of pyridine rings is 1. The molecule has 0 saturated heterocycles. The quantitative estimate of drug-likeness (QED) is 0.919. The van der Waals surface area contributed by atoms with Gasteiger partial charge >= 0.3 is 0 Å². The molecule has 0 fully saturated rings. The minimum absolute atomic E-state index is 0.218. The Morgan fingerprint density at radius 1 is 1.39 bits per heavy atom. The Bertz CT molecular complexity index is 657. The van der Waals surface area contributed by atoms with E-state index in [-0.39, 0.29) is 17.1 Å². The van der Waals surface area contributed by atoms with Crippen LogP contribution in [0.5, 0.6) is 0 Å². The predicted octanol–water partition coefficient (Wildman–Crippen LogP) is 3.03. The maximum atomic E-state index is 12.9. The molecule has 18 heavy (non-hydrogen) atoms. The lowest BCUT2D eigenvalue weighted by molar-refractivity contribution is 0.626. The van der Waals surface area contributed by atoms with E-state index in [1.165, 1.54) is 29.0 Å². The van der Waals surface area contributed by atoms with Gasteiger partial charge in [-0.25, -0.2) is 4.39 Å². The fourth-order valence-electron chi connectivity index (χ4n) is 1.57. The SMILES string of the molecule is Nc1cc(Br)c(=O)n(Cc2ccc(F)cc2Cl)c1. The third-order valence-electron chi connectivity index (χ3n) is 2.42. The maximum absolute atomic E-state index is 12.9. The zero-order valence-electron chi connectivity index (χ0n) is 9.16. The molecular weight excluding hydrogens is 323 g/mol. The van der Waals surface area contributed by atoms with Crippen LogP contribution in [0.25, 0.3) is 0 Å². The second-order valence-electron chi connectivity index (χ2n) is 3.79. The predicted molar refractivity (Wildman–Crippen MR) is 73.3 cm³/mol. The van der Waals surface area contributed by atoms with Crippen LogP contribution in [0.4, 0.5) is 10.1 Å². The van der Waals surface area contributed by atoms with Gasteiger partial charge in [0.1, 0.15) is 5.82 Å². The van der Waals surface area contributed by atoms with Crippen LogP contribution < -0.4 is 11.3 Å². The average Bonchev–Trinajstić information content (AvgIpc) is 2.29. The molecule has 0 bridgehead atoms. The summed E-state index contributed by atoms with van der Waals surface area (Å²) in [5.41, 5.74) is 6.55. The summed E-state index contributed by atoms with van der Waals surface area (Å²) in [6.45, 7) is 0.238. The van der Waals surface area contributed by atoms with Gasteiger partial charge in [-0.05, 0) is 39.7 Å². The zero-order chi connectivity index (χ0) is 13.3. The van der Waals surface area contributed by atoms with Crippen molar-refractivity contribution < 1.29 is 4.39 Å². The smallest absolute Gasteiger partial charge is 0.265 e. The van der Waals surface area contributed by atoms with Crippen molar-refractivity contribution >= 4 is 33.2 Å². The second kappa shape index (κ2) is 5.12. The van der Waals surface area contributed by atoms with Gasteiger partial charge in [0, 0.05) is 16.9 Å². The second-order valence-corrected chi connectivity index (χ2v) is 5.05. The highest BCUT2D eigenvalue weighted by Crippen LogP contribution is 2.18. The Morgan fingerprint density at radius 3 is 2.78 bits per heavy atom. The Labute approximate surface area is 116 Å². The minimum atomic E-state index is -0.412. The van der Waals surface area contributed by atoms with Crippen molar-refractivity contribution in [3.63, 3.8) is 0 Å². The molecule has 1 aromatic heterocycles. The molecule has 0 unspecified atom stereocenters. The van der Waals surface area contributed by atoms with Gasteiger partial charge in [-0.15, -0.1) is 0 Å². The van der Waals surface area contributed by atoms with E-state index in [2.05, 4.69) is 15.9 Å². The van der Waals surface area contributed by atoms with Crippen molar-refractivity contribution in [3.05, 3.63) is 61.7 Å². The summed E-state index contributed by atoms with van der Waals surface area (Å²) in [7, 11) is 0. The van der Waals surface area contributed by atoms with Crippen LogP contribution in [0.3, 0.4) is 0 Å². The molecule has 0 aliphatic rings. The lowest BCUT2D eigenvalue weighted by Gasteiger charge is -2.09. The molecule has 3 nitrogen and oxygen atoms in total. The minimum Gasteiger partial charge on any atom is -0.398 e. The van der Waals surface area contributed by atoms with Crippen LogP contribution in [0.1, 0.15) is 5.56 Å². The summed E-state index contributed by atoms with van der Waals surface area (Å²) in [5, 5.41) is 0.278. The molecule has 0 aliphatic carbocycles. The van der Waals surface area contributed by atoms with Gasteiger partial charge < -0.3 is 10.3 Å². The largest absolute Gasteiger partial charge is 0.398 e. The zero-order valence-corrected chi connectivity index (χ0v) is 11.5. The Kier molecular flexibility index (Phi) is 3.73. The first-order valence-corrected chi connectivity index (χ1v) is 6.24. The lowest BCUT2D eigenvalue weighted by Crippen LogP contribution is -2.21. The molecule has 94 valence electrons. The van der Waals surface area contributed by atoms with Gasteiger partial charge in [-0.1, -0.05) is 17.7 Å². The number of rotatable bonds is 2. The summed E-state index contributed by atoms with van der Waals surface area (Å²) >= 11 is 9.05. The highest BCUT2D eigenvalue weighted by molar-refractivity contribution is 9.10. The van der Waals surface area contributed by atoms with Crippen LogP contribution in [0.2, 0.25) is 5.02 Å². The summed E-state index contributed by atoms with van der Waals surface area (Å²) in [6, 6.07) is 5.59. The van der Waals surface area contributed by atoms with Crippen LogP contribution in [-0.2, 0) is 6.54 Å². The Hall–Kier alpha value is -1.33. The molecule has 6 heteroatoms. The monoisotopic (exact) mass is 330 g/mol. The number of nitrogens with zero attached hydrogens (tertiary/aromatic N) is 1. The number of hydrogen-bond acceptors (Lipinski definition) is 2. The van der Waals surface area contributed by atoms with Crippen molar-refractivity contribution in [2.45, 2.75) is 6.54 Å². The first-order chi connectivity index (χ1) is 8.47. The van der Waals surface area contributed by atoms with Crippen LogP contribution in [-0.4, -0.2) is 4.57 Å². The van der Waals surface area contributed by atoms with E-state index < -0.39 is 5.82 Å². The Morgan fingerprint density at radius 2 is 2.11 bits per heavy atom. The Balaban J connectivity index is 2.43. The third-order valence-corrected chi connectivity index (χ3v) is 3.34. The van der Waals surface area contributed by atoms with Crippen molar-refractivity contribution in [2.24, 2.45) is 0 Å². The van der Waals surface area contributed by atoms with Gasteiger partial charge in [0.25, 0.3) is 5.56 Å². The number of aromatic nitrogens is 1. The van der Waals surface area contributed by atoms with E-state index in [0.717, 1.165) is 0 Å². The number of halogens is 3. The number of nitrogens with two attached hydrogens (primary N) is 1. The summed E-state index contributed by atoms with van der Waals surface area (Å²) in [5.74, 6) is -0.412. The van der Waals surface area contributed by atoms with Crippen molar-refractivity contribution in [1.82, 2.24) is 4.57 Å². The fourth-order valence-corrected chi connectivity index (χ4v) is 2.29. The topological polar surface area (TPSA) is 48.0 Å². The van der Waals surface area contributed by atoms with Crippen LogP contribution in [0.15, 0.2) is 39.7 Å². The summed E-state index contributed by atoms with van der Waals surface area (Å²) in [6.07, 6.45) is 1.52. The van der Waals surface area contributed by atoms with Crippen LogP contribution >= 0.6 is 27.5 Å². The van der Waals surface area contributed by atoms with Crippen molar-refractivity contribution in [1.29, 1.82) is 0 Å². The molecule has 0 radical (unpaired) electrons. The average molecular weight is 332 g/mol. The van der Waals surface area contributed by atoms with Crippen molar-refractivity contribution in [2.75, 3.05) is 5.73 Å². The van der Waals surface area contributed by atoms with Gasteiger partial charge in [0.15, 0.2) is 0 Å². The van der Waals surface area contributed by atoms with E-state index in [4.69, 9.17) is 17.3 Å². The number of hydrogen-bond donors (Lipinski definition) is 1. The van der Waals surface area contributed by atoms with E-state index in [9.17, 15) is 9.18 Å². The highest BCUT2D eigenvalue weighted by Gasteiger charge is 2.07. The van der Waals surface area contributed by atoms with Gasteiger partial charge in [0.2, 0.25) is 0 Å². The first-order valence-electron chi connectivity index (χ1n) is 5.07. The normalized spacial score (nSPS) is 10.6. The first kappa shape index (κ1) is 13.1. The molecule has 0 spiro atoms. The highest BCUT2D eigenvalue weighted by atomic mass is 79.9. The third kappa shape index (κ3) is 2.73. The molecule has 0 aliphatic heterocycles. The molecule has 2 rings (SSSR count). The lowest BCUT2D eigenvalue weighted by atomic mass is 10.2. The molecule has 0 amide bonds. The number of nitrogen functional groups attached to an aromatic ring is 1. The van der Waals surface area contributed by atoms with E-state index in [1.807, 2.05) is 0 Å². The molecule has 2 aromatic rings. The van der Waals surface area contributed by atoms with E-state index in [1.54, 1.807) is 6.07 Å². The van der Waals surface area contributed by atoms with Gasteiger partial charge in [-0.2, -0.15) is 0 Å². The van der Waals surface area contributed by atoms with Crippen molar-refractivity contribution in [3.8, 4) is 0 Å². The molecule has 1 heterocycles. The number of benzene rings is 1. The molecule has 0 atom stereocenters. The van der Waals surface area contributed by atoms with E-state index in [0.29, 0.717) is 15.7 Å². The van der Waals surface area contributed by atoms with Crippen LogP contribution in [0, 0.1) is 5.82 Å². The van der Waals surface area contributed by atoms with Gasteiger partial charge in [0.05, 0.1) is 11.0 Å². The molecule has 2 N–H and O–H groups in total. The summed E-state index contributed by atoms with van der Waals surface area (Å²) < 4.78 is 14.7. The summed E-state index contributed by atoms with van der Waals surface area (Å²) in [4.78, 5) is 11.8. The standard InChI is InChI=1S/C12H9BrClFN2O/c13-10-4-9(16)6-17(12(10)18)5-7-1-2-8(15)3-11(7)14/h1-4,6H,5,16H2. The fraction of sp³-hybridized carbons (Fsp3) is 0.0833. The maximum Gasteiger partial charge on any atom is 0.265 e. The number of anilines is 1. The molecular formula is C12H9BrClFN2O. The van der Waals surface area contributed by atoms with Gasteiger partial charge in [-0.3, -0.25) is 4.79 Å². The molecule has 0 saturated carbocycles. The molecule has 1 aromatic carbocycles.